The maximum Gasteiger partial charge on any atom is 0.312 e. The first-order valence-electron chi connectivity index (χ1n) is 2.19. The monoisotopic (exact) mass is 127 g/mol. The molecule has 0 spiro atoms. The Morgan fingerprint density at radius 1 is 1.89 bits per heavy atom. The van der Waals surface area contributed by atoms with Crippen LogP contribution in [0.1, 0.15) is 5.89 Å². The Balaban J connectivity index is 2.58. The van der Waals surface area contributed by atoms with Gasteiger partial charge in [-0.1, -0.05) is 0 Å². The smallest absolute Gasteiger partial charge is 0.312 e. The van der Waals surface area contributed by atoms with Crippen LogP contribution in [-0.2, 0) is 11.2 Å². The minimum atomic E-state index is -0.993. The molecule has 0 aliphatic carbocycles. The Bertz CT molecular complexity index is 194. The maximum absolute atomic E-state index is 9.93. The van der Waals surface area contributed by atoms with Gasteiger partial charge >= 0.3 is 12.4 Å². The van der Waals surface area contributed by atoms with E-state index in [4.69, 9.17) is 5.11 Å². The summed E-state index contributed by atoms with van der Waals surface area (Å²) in [7, 11) is 0. The quantitative estimate of drug-likeness (QED) is 0.579. The van der Waals surface area contributed by atoms with Crippen LogP contribution in [-0.4, -0.2) is 21.3 Å². The number of nitrogens with zero attached hydrogens (tertiary/aromatic N) is 2. The number of aromatic nitrogens is 2. The lowest BCUT2D eigenvalue weighted by Crippen LogP contribution is -1.99. The first kappa shape index (κ1) is 5.74. The minimum absolute atomic E-state index is 0.0718. The molecular weight excluding hydrogens is 124 g/mol. The molecule has 0 saturated carbocycles. The summed E-state index contributed by atoms with van der Waals surface area (Å²) in [5, 5.41) is 14.6. The molecule has 0 bridgehead atoms. The van der Waals surface area contributed by atoms with Crippen molar-refractivity contribution in [1.29, 1.82) is 0 Å². The van der Waals surface area contributed by atoms with Crippen LogP contribution in [0.3, 0.4) is 0 Å². The molecule has 1 aromatic rings. The van der Waals surface area contributed by atoms with Gasteiger partial charge in [0.15, 0.2) is 0 Å². The SMILES string of the molecule is O=C(O)Cc1nn[c]o1. The van der Waals surface area contributed by atoms with Crippen LogP contribution in [0.2, 0.25) is 0 Å². The molecule has 0 aliphatic heterocycles. The van der Waals surface area contributed by atoms with Crippen LogP contribution in [0.25, 0.3) is 0 Å². The van der Waals surface area contributed by atoms with Gasteiger partial charge < -0.3 is 9.52 Å². The lowest BCUT2D eigenvalue weighted by molar-refractivity contribution is -0.136. The topological polar surface area (TPSA) is 76.2 Å². The van der Waals surface area contributed by atoms with Crippen molar-refractivity contribution in [3.05, 3.63) is 12.3 Å². The molecule has 0 aliphatic rings. The third-order valence-corrected chi connectivity index (χ3v) is 0.668. The van der Waals surface area contributed by atoms with Gasteiger partial charge in [0, 0.05) is 0 Å². The van der Waals surface area contributed by atoms with Crippen molar-refractivity contribution >= 4 is 5.97 Å². The van der Waals surface area contributed by atoms with Gasteiger partial charge in [0.2, 0.25) is 5.89 Å². The van der Waals surface area contributed by atoms with E-state index in [1.54, 1.807) is 0 Å². The van der Waals surface area contributed by atoms with E-state index in [2.05, 4.69) is 14.6 Å². The summed E-state index contributed by atoms with van der Waals surface area (Å²) in [5.74, 6) is -0.921. The molecule has 1 rings (SSSR count). The molecule has 0 atom stereocenters. The van der Waals surface area contributed by atoms with E-state index in [1.807, 2.05) is 6.39 Å². The largest absolute Gasteiger partial charge is 0.481 e. The van der Waals surface area contributed by atoms with Crippen LogP contribution in [0, 0.1) is 6.39 Å². The second kappa shape index (κ2) is 2.25. The Morgan fingerprint density at radius 3 is 3.11 bits per heavy atom. The number of hydrogen-bond donors (Lipinski definition) is 1. The van der Waals surface area contributed by atoms with Crippen LogP contribution < -0.4 is 0 Å². The molecule has 0 unspecified atom stereocenters. The molecule has 0 fully saturated rings. The van der Waals surface area contributed by atoms with Gasteiger partial charge in [-0.2, -0.15) is 0 Å². The summed E-state index contributed by atoms with van der Waals surface area (Å²) in [6.45, 7) is 0. The van der Waals surface area contributed by atoms with E-state index in [9.17, 15) is 4.79 Å². The summed E-state index contributed by atoms with van der Waals surface area (Å²) in [6.07, 6.45) is 1.80. The zero-order valence-corrected chi connectivity index (χ0v) is 4.37. The fourth-order valence-corrected chi connectivity index (χ4v) is 0.370. The van der Waals surface area contributed by atoms with E-state index < -0.39 is 5.97 Å². The van der Waals surface area contributed by atoms with Crippen LogP contribution >= 0.6 is 0 Å². The van der Waals surface area contributed by atoms with E-state index in [0.29, 0.717) is 0 Å². The van der Waals surface area contributed by atoms with Gasteiger partial charge in [0.1, 0.15) is 6.42 Å². The molecule has 1 N–H and O–H groups in total. The molecule has 47 valence electrons. The van der Waals surface area contributed by atoms with Gasteiger partial charge in [-0.25, -0.2) is 0 Å². The fourth-order valence-electron chi connectivity index (χ4n) is 0.370. The summed E-state index contributed by atoms with van der Waals surface area (Å²) in [6, 6.07) is 0. The third kappa shape index (κ3) is 1.52. The van der Waals surface area contributed by atoms with Crippen LogP contribution in [0.5, 0.6) is 0 Å². The van der Waals surface area contributed by atoms with Crippen molar-refractivity contribution in [2.24, 2.45) is 0 Å². The number of aliphatic carboxylic acids is 1. The van der Waals surface area contributed by atoms with Gasteiger partial charge in [0.25, 0.3) is 0 Å². The van der Waals surface area contributed by atoms with E-state index in [1.165, 1.54) is 0 Å². The second-order valence-corrected chi connectivity index (χ2v) is 1.36. The molecular formula is C4H3N2O3. The van der Waals surface area contributed by atoms with E-state index in [0.717, 1.165) is 0 Å². The highest BCUT2D eigenvalue weighted by Gasteiger charge is 2.03. The highest BCUT2D eigenvalue weighted by molar-refractivity contribution is 5.68. The maximum atomic E-state index is 9.93. The lowest BCUT2D eigenvalue weighted by atomic mass is 10.4. The highest BCUT2D eigenvalue weighted by atomic mass is 16.4. The molecule has 5 nitrogen and oxygen atoms in total. The van der Waals surface area contributed by atoms with E-state index >= 15 is 0 Å². The van der Waals surface area contributed by atoms with Gasteiger partial charge in [0.05, 0.1) is 0 Å². The molecule has 9 heavy (non-hydrogen) atoms. The average Bonchev–Trinajstić information content (AvgIpc) is 2.15. The predicted octanol–water partition coefficient (Wildman–Crippen LogP) is -0.503. The van der Waals surface area contributed by atoms with Crippen molar-refractivity contribution in [3.63, 3.8) is 0 Å². The van der Waals surface area contributed by atoms with Gasteiger partial charge in [-0.3, -0.25) is 4.79 Å². The average molecular weight is 127 g/mol. The number of carboxylic acid groups (broad SMARTS) is 1. The molecule has 5 heteroatoms. The fraction of sp³-hybridized carbons (Fsp3) is 0.250. The minimum Gasteiger partial charge on any atom is -0.481 e. The first-order chi connectivity index (χ1) is 4.29. The van der Waals surface area contributed by atoms with Crippen molar-refractivity contribution in [2.45, 2.75) is 6.42 Å². The molecule has 1 radical (unpaired) electrons. The van der Waals surface area contributed by atoms with Crippen LogP contribution in [0.4, 0.5) is 0 Å². The number of rotatable bonds is 2. The predicted molar refractivity (Wildman–Crippen MR) is 24.5 cm³/mol. The zero-order valence-electron chi connectivity index (χ0n) is 4.37. The van der Waals surface area contributed by atoms with Gasteiger partial charge in [-0.05, 0) is 0 Å². The number of carboxylic acids is 1. The third-order valence-electron chi connectivity index (χ3n) is 0.668. The summed E-state index contributed by atoms with van der Waals surface area (Å²) < 4.78 is 4.42. The summed E-state index contributed by atoms with van der Waals surface area (Å²) in [4.78, 5) is 9.93. The van der Waals surface area contributed by atoms with Gasteiger partial charge in [-0.15, -0.1) is 10.2 Å². The molecule has 1 heterocycles. The summed E-state index contributed by atoms with van der Waals surface area (Å²) >= 11 is 0. The summed E-state index contributed by atoms with van der Waals surface area (Å²) in [5.41, 5.74) is 0. The zero-order chi connectivity index (χ0) is 6.69. The second-order valence-electron chi connectivity index (χ2n) is 1.36. The Kier molecular flexibility index (Phi) is 1.44. The van der Waals surface area contributed by atoms with Crippen molar-refractivity contribution in [1.82, 2.24) is 10.2 Å². The number of hydrogen-bond acceptors (Lipinski definition) is 4. The van der Waals surface area contributed by atoms with Crippen molar-refractivity contribution in [2.75, 3.05) is 0 Å². The van der Waals surface area contributed by atoms with Crippen molar-refractivity contribution < 1.29 is 14.3 Å². The lowest BCUT2D eigenvalue weighted by Gasteiger charge is -1.81. The highest BCUT2D eigenvalue weighted by Crippen LogP contribution is 1.90. The first-order valence-corrected chi connectivity index (χ1v) is 2.19. The molecule has 1 aromatic heterocycles. The standard InChI is InChI=1S/C4H3N2O3/c7-4(8)1-3-6-5-2-9-3/h1H2,(H,7,8). The normalized spacial score (nSPS) is 9.33. The number of carbonyl (C=O) groups is 1. The molecule has 0 amide bonds. The van der Waals surface area contributed by atoms with Crippen LogP contribution in [0.15, 0.2) is 4.42 Å². The Morgan fingerprint density at radius 2 is 2.67 bits per heavy atom. The van der Waals surface area contributed by atoms with Crippen molar-refractivity contribution in [3.8, 4) is 0 Å². The Hall–Kier alpha value is -1.39. The molecule has 0 aromatic carbocycles. The Labute approximate surface area is 50.3 Å². The molecule has 0 saturated heterocycles. The van der Waals surface area contributed by atoms with E-state index in [-0.39, 0.29) is 12.3 Å².